The van der Waals surface area contributed by atoms with Crippen molar-refractivity contribution in [1.29, 1.82) is 0 Å². The van der Waals surface area contributed by atoms with Crippen LogP contribution in [-0.4, -0.2) is 27.3 Å². The standard InChI is InChI=1S/C8H6O4.C7H8O/c9-7(10)5-3-1-2-4-6(5)8(11)12;8-6-7-4-2-1-3-5-7/h1-4H,(H,9,10)(H,11,12);1-5,8H,6H2. The zero-order valence-electron chi connectivity index (χ0n) is 10.6. The molecule has 20 heavy (non-hydrogen) atoms. The van der Waals surface area contributed by atoms with Crippen LogP contribution in [0.3, 0.4) is 0 Å². The van der Waals surface area contributed by atoms with Gasteiger partial charge in [-0.1, -0.05) is 42.5 Å². The van der Waals surface area contributed by atoms with Gasteiger partial charge in [-0.25, -0.2) is 9.59 Å². The zero-order chi connectivity index (χ0) is 15.0. The second-order valence-corrected chi connectivity index (χ2v) is 3.80. The van der Waals surface area contributed by atoms with Gasteiger partial charge in [-0.05, 0) is 17.7 Å². The number of rotatable bonds is 3. The van der Waals surface area contributed by atoms with Crippen molar-refractivity contribution in [3.05, 3.63) is 71.3 Å². The summed E-state index contributed by atoms with van der Waals surface area (Å²) in [5.41, 5.74) is 0.586. The first-order chi connectivity index (χ1) is 9.56. The fourth-order valence-corrected chi connectivity index (χ4v) is 1.44. The van der Waals surface area contributed by atoms with E-state index in [2.05, 4.69) is 0 Å². The van der Waals surface area contributed by atoms with Crippen LogP contribution in [0.4, 0.5) is 0 Å². The Morgan fingerprint density at radius 2 is 1.15 bits per heavy atom. The molecule has 0 aliphatic rings. The van der Waals surface area contributed by atoms with Gasteiger partial charge in [0.25, 0.3) is 0 Å². The number of benzene rings is 2. The van der Waals surface area contributed by atoms with Crippen LogP contribution in [0.1, 0.15) is 26.3 Å². The minimum atomic E-state index is -1.23. The van der Waals surface area contributed by atoms with E-state index in [0.717, 1.165) is 5.56 Å². The highest BCUT2D eigenvalue weighted by Gasteiger charge is 2.13. The van der Waals surface area contributed by atoms with Crippen LogP contribution in [0.2, 0.25) is 0 Å². The molecule has 0 spiro atoms. The summed E-state index contributed by atoms with van der Waals surface area (Å²) in [6.45, 7) is 0.140. The van der Waals surface area contributed by atoms with E-state index < -0.39 is 11.9 Å². The lowest BCUT2D eigenvalue weighted by Crippen LogP contribution is -2.06. The van der Waals surface area contributed by atoms with Gasteiger partial charge in [-0.3, -0.25) is 0 Å². The molecule has 0 radical (unpaired) electrons. The molecule has 0 heterocycles. The highest BCUT2D eigenvalue weighted by atomic mass is 16.4. The Kier molecular flexibility index (Phi) is 5.93. The molecule has 0 aromatic heterocycles. The van der Waals surface area contributed by atoms with Gasteiger partial charge in [-0.2, -0.15) is 0 Å². The van der Waals surface area contributed by atoms with E-state index in [-0.39, 0.29) is 17.7 Å². The van der Waals surface area contributed by atoms with Gasteiger partial charge in [0.05, 0.1) is 17.7 Å². The molecule has 0 unspecified atom stereocenters. The number of aromatic carboxylic acids is 2. The zero-order valence-corrected chi connectivity index (χ0v) is 10.6. The summed E-state index contributed by atoms with van der Waals surface area (Å²) >= 11 is 0. The van der Waals surface area contributed by atoms with Crippen LogP contribution in [-0.2, 0) is 6.61 Å². The minimum absolute atomic E-state index is 0.140. The van der Waals surface area contributed by atoms with E-state index in [0.29, 0.717) is 0 Å². The highest BCUT2D eigenvalue weighted by Crippen LogP contribution is 2.07. The van der Waals surface area contributed by atoms with Crippen LogP contribution < -0.4 is 0 Å². The summed E-state index contributed by atoms with van der Waals surface area (Å²) < 4.78 is 0. The van der Waals surface area contributed by atoms with Crippen LogP contribution in [0.25, 0.3) is 0 Å². The number of hydrogen-bond acceptors (Lipinski definition) is 3. The van der Waals surface area contributed by atoms with Crippen molar-refractivity contribution in [2.75, 3.05) is 0 Å². The Morgan fingerprint density at radius 3 is 1.45 bits per heavy atom. The van der Waals surface area contributed by atoms with Gasteiger partial charge in [0.1, 0.15) is 0 Å². The average molecular weight is 274 g/mol. The number of carboxylic acids is 2. The molecule has 0 saturated carbocycles. The van der Waals surface area contributed by atoms with Crippen molar-refractivity contribution in [3.63, 3.8) is 0 Å². The lowest BCUT2D eigenvalue weighted by Gasteiger charge is -1.98. The van der Waals surface area contributed by atoms with Gasteiger partial charge in [-0.15, -0.1) is 0 Å². The van der Waals surface area contributed by atoms with E-state index in [1.807, 2.05) is 30.3 Å². The molecule has 0 amide bonds. The Morgan fingerprint density at radius 1 is 0.750 bits per heavy atom. The highest BCUT2D eigenvalue weighted by molar-refractivity contribution is 6.01. The summed E-state index contributed by atoms with van der Waals surface area (Å²) in [4.78, 5) is 20.9. The van der Waals surface area contributed by atoms with Crippen LogP contribution in [0, 0.1) is 0 Å². The van der Waals surface area contributed by atoms with Gasteiger partial charge < -0.3 is 15.3 Å². The van der Waals surface area contributed by atoms with E-state index in [4.69, 9.17) is 15.3 Å². The Hall–Kier alpha value is -2.66. The van der Waals surface area contributed by atoms with Crippen molar-refractivity contribution in [1.82, 2.24) is 0 Å². The van der Waals surface area contributed by atoms with E-state index in [1.165, 1.54) is 24.3 Å². The maximum absolute atomic E-state index is 10.5. The Labute approximate surface area is 115 Å². The number of aliphatic hydroxyl groups excluding tert-OH is 1. The molecule has 0 aliphatic carbocycles. The van der Waals surface area contributed by atoms with Gasteiger partial charge in [0, 0.05) is 0 Å². The molecule has 2 aromatic rings. The molecule has 104 valence electrons. The molecular weight excluding hydrogens is 260 g/mol. The largest absolute Gasteiger partial charge is 0.478 e. The topological polar surface area (TPSA) is 94.8 Å². The van der Waals surface area contributed by atoms with Crippen molar-refractivity contribution in [3.8, 4) is 0 Å². The lowest BCUT2D eigenvalue weighted by molar-refractivity contribution is 0.0651. The molecule has 0 saturated heterocycles. The summed E-state index contributed by atoms with van der Waals surface area (Å²) in [6.07, 6.45) is 0. The number of aliphatic hydroxyl groups is 1. The predicted molar refractivity (Wildman–Crippen MR) is 72.7 cm³/mol. The summed E-state index contributed by atoms with van der Waals surface area (Å²) in [6, 6.07) is 15.0. The molecule has 5 nitrogen and oxygen atoms in total. The molecule has 0 atom stereocenters. The second-order valence-electron chi connectivity index (χ2n) is 3.80. The second kappa shape index (κ2) is 7.70. The summed E-state index contributed by atoms with van der Waals surface area (Å²) in [5, 5.41) is 25.6. The maximum atomic E-state index is 10.5. The molecule has 5 heteroatoms. The molecule has 0 bridgehead atoms. The fraction of sp³-hybridized carbons (Fsp3) is 0.0667. The number of carbonyl (C=O) groups is 2. The quantitative estimate of drug-likeness (QED) is 0.798. The lowest BCUT2D eigenvalue weighted by atomic mass is 10.1. The van der Waals surface area contributed by atoms with Crippen molar-refractivity contribution < 1.29 is 24.9 Å². The number of carboxylic acid groups (broad SMARTS) is 2. The van der Waals surface area contributed by atoms with Crippen molar-refractivity contribution >= 4 is 11.9 Å². The molecule has 2 rings (SSSR count). The van der Waals surface area contributed by atoms with Crippen LogP contribution in [0.15, 0.2) is 54.6 Å². The third-order valence-corrected chi connectivity index (χ3v) is 2.41. The first kappa shape index (κ1) is 15.4. The summed E-state index contributed by atoms with van der Waals surface area (Å²) in [5.74, 6) is -2.46. The molecule has 2 aromatic carbocycles. The normalized spacial score (nSPS) is 9.25. The van der Waals surface area contributed by atoms with Crippen LogP contribution >= 0.6 is 0 Å². The molecule has 0 fully saturated rings. The minimum Gasteiger partial charge on any atom is -0.478 e. The number of hydrogen-bond donors (Lipinski definition) is 3. The fourth-order valence-electron chi connectivity index (χ4n) is 1.44. The van der Waals surface area contributed by atoms with Crippen molar-refractivity contribution in [2.45, 2.75) is 6.61 Å². The predicted octanol–water partition coefficient (Wildman–Crippen LogP) is 2.26. The third kappa shape index (κ3) is 4.55. The smallest absolute Gasteiger partial charge is 0.336 e. The first-order valence-corrected chi connectivity index (χ1v) is 5.76. The van der Waals surface area contributed by atoms with Crippen LogP contribution in [0.5, 0.6) is 0 Å². The third-order valence-electron chi connectivity index (χ3n) is 2.41. The van der Waals surface area contributed by atoms with Gasteiger partial charge in [0.2, 0.25) is 0 Å². The van der Waals surface area contributed by atoms with Gasteiger partial charge in [0.15, 0.2) is 0 Å². The Balaban J connectivity index is 0.000000217. The molecule has 0 aliphatic heterocycles. The van der Waals surface area contributed by atoms with Gasteiger partial charge >= 0.3 is 11.9 Å². The molecule has 3 N–H and O–H groups in total. The SMILES string of the molecule is O=C(O)c1ccccc1C(=O)O.OCc1ccccc1. The average Bonchev–Trinajstić information content (AvgIpc) is 2.48. The summed E-state index contributed by atoms with van der Waals surface area (Å²) in [7, 11) is 0. The first-order valence-electron chi connectivity index (χ1n) is 5.76. The Bertz CT molecular complexity index is 545. The van der Waals surface area contributed by atoms with E-state index in [1.54, 1.807) is 0 Å². The monoisotopic (exact) mass is 274 g/mol. The van der Waals surface area contributed by atoms with E-state index in [9.17, 15) is 9.59 Å². The maximum Gasteiger partial charge on any atom is 0.336 e. The molecular formula is C15H14O5. The van der Waals surface area contributed by atoms with Crippen molar-refractivity contribution in [2.24, 2.45) is 0 Å². The van der Waals surface area contributed by atoms with E-state index >= 15 is 0 Å².